The summed E-state index contributed by atoms with van der Waals surface area (Å²) >= 11 is 0. The van der Waals surface area contributed by atoms with Crippen molar-refractivity contribution in [1.82, 2.24) is 0 Å². The molecule has 1 N–H and O–H groups in total. The van der Waals surface area contributed by atoms with Crippen molar-refractivity contribution in [2.24, 2.45) is 11.8 Å². The molecule has 0 aromatic rings. The zero-order valence-electron chi connectivity index (χ0n) is 7.25. The van der Waals surface area contributed by atoms with E-state index < -0.39 is 11.9 Å². The van der Waals surface area contributed by atoms with Crippen LogP contribution in [-0.4, -0.2) is 16.9 Å². The highest BCUT2D eigenvalue weighted by atomic mass is 16.4. The minimum absolute atomic E-state index is 0.143. The van der Waals surface area contributed by atoms with Crippen molar-refractivity contribution < 1.29 is 14.7 Å². The number of aliphatic carboxylic acids is 1. The largest absolute Gasteiger partial charge is 0.481 e. The van der Waals surface area contributed by atoms with Crippen LogP contribution in [0, 0.1) is 11.8 Å². The summed E-state index contributed by atoms with van der Waals surface area (Å²) in [5.41, 5.74) is 0. The van der Waals surface area contributed by atoms with Gasteiger partial charge in [0.25, 0.3) is 0 Å². The first-order valence-corrected chi connectivity index (χ1v) is 4.42. The quantitative estimate of drug-likeness (QED) is 0.697. The van der Waals surface area contributed by atoms with Gasteiger partial charge < -0.3 is 5.11 Å². The van der Waals surface area contributed by atoms with E-state index in [1.165, 1.54) is 0 Å². The number of hydrogen-bond donors (Lipinski definition) is 1. The van der Waals surface area contributed by atoms with E-state index in [0.717, 1.165) is 12.8 Å². The van der Waals surface area contributed by atoms with E-state index in [0.29, 0.717) is 12.8 Å². The van der Waals surface area contributed by atoms with E-state index in [-0.39, 0.29) is 11.7 Å². The molecule has 0 amide bonds. The third-order valence-electron chi connectivity index (χ3n) is 2.52. The fraction of sp³-hybridized carbons (Fsp3) is 0.778. The lowest BCUT2D eigenvalue weighted by atomic mass is 9.91. The van der Waals surface area contributed by atoms with Crippen LogP contribution in [0.15, 0.2) is 0 Å². The van der Waals surface area contributed by atoms with Crippen LogP contribution in [0.4, 0.5) is 0 Å². The monoisotopic (exact) mass is 170 g/mol. The number of hydrogen-bond acceptors (Lipinski definition) is 2. The second-order valence-corrected chi connectivity index (χ2v) is 3.34. The van der Waals surface area contributed by atoms with E-state index in [1.807, 2.05) is 6.92 Å². The molecule has 1 rings (SSSR count). The predicted octanol–water partition coefficient (Wildman–Crippen LogP) is 1.47. The molecule has 1 aliphatic carbocycles. The van der Waals surface area contributed by atoms with Gasteiger partial charge in [-0.05, 0) is 12.8 Å². The highest BCUT2D eigenvalue weighted by Gasteiger charge is 2.38. The van der Waals surface area contributed by atoms with E-state index in [9.17, 15) is 9.59 Å². The van der Waals surface area contributed by atoms with Gasteiger partial charge in [0.1, 0.15) is 5.78 Å². The molecule has 0 aliphatic heterocycles. The molecular weight excluding hydrogens is 156 g/mol. The normalized spacial score (nSPS) is 29.2. The number of rotatable bonds is 3. The molecule has 0 radical (unpaired) electrons. The van der Waals surface area contributed by atoms with E-state index >= 15 is 0 Å². The Bertz CT molecular complexity index is 198. The van der Waals surface area contributed by atoms with E-state index in [1.54, 1.807) is 0 Å². The molecule has 0 bridgehead atoms. The van der Waals surface area contributed by atoms with E-state index in [2.05, 4.69) is 0 Å². The van der Waals surface area contributed by atoms with Crippen molar-refractivity contribution in [3.8, 4) is 0 Å². The minimum Gasteiger partial charge on any atom is -0.481 e. The summed E-state index contributed by atoms with van der Waals surface area (Å²) in [6, 6.07) is 0. The Hall–Kier alpha value is -0.860. The van der Waals surface area contributed by atoms with Crippen molar-refractivity contribution in [3.63, 3.8) is 0 Å². The first kappa shape index (κ1) is 9.23. The molecule has 1 aliphatic rings. The summed E-state index contributed by atoms with van der Waals surface area (Å²) in [4.78, 5) is 21.9. The third-order valence-corrected chi connectivity index (χ3v) is 2.52. The topological polar surface area (TPSA) is 54.4 Å². The average molecular weight is 170 g/mol. The molecule has 0 aromatic carbocycles. The Labute approximate surface area is 71.8 Å². The lowest BCUT2D eigenvalue weighted by molar-refractivity contribution is -0.144. The van der Waals surface area contributed by atoms with Crippen LogP contribution >= 0.6 is 0 Å². The lowest BCUT2D eigenvalue weighted by Gasteiger charge is -2.12. The molecule has 0 spiro atoms. The Kier molecular flexibility index (Phi) is 2.84. The molecule has 1 saturated carbocycles. The number of carbonyl (C=O) groups is 2. The molecule has 3 nitrogen and oxygen atoms in total. The zero-order chi connectivity index (χ0) is 9.14. The van der Waals surface area contributed by atoms with Gasteiger partial charge in [-0.3, -0.25) is 9.59 Å². The Balaban J connectivity index is 2.63. The number of ketones is 1. The van der Waals surface area contributed by atoms with Crippen molar-refractivity contribution in [2.45, 2.75) is 32.6 Å². The van der Waals surface area contributed by atoms with Crippen LogP contribution in [0.25, 0.3) is 0 Å². The van der Waals surface area contributed by atoms with Gasteiger partial charge in [-0.25, -0.2) is 0 Å². The zero-order valence-corrected chi connectivity index (χ0v) is 7.25. The number of Topliss-reactive ketones (excluding diaryl/α,β-unsaturated/α-hetero) is 1. The van der Waals surface area contributed by atoms with Crippen molar-refractivity contribution in [2.75, 3.05) is 0 Å². The Morgan fingerprint density at radius 1 is 1.67 bits per heavy atom. The standard InChI is InChI=1S/C9H14O3/c1-2-3-6-7(9(11)12)4-5-8(6)10/h6-7H,2-5H2,1H3,(H,11,12). The summed E-state index contributed by atoms with van der Waals surface area (Å²) in [6.07, 6.45) is 2.62. The third kappa shape index (κ3) is 1.65. The second-order valence-electron chi connectivity index (χ2n) is 3.34. The van der Waals surface area contributed by atoms with Gasteiger partial charge >= 0.3 is 5.97 Å². The van der Waals surface area contributed by atoms with Crippen LogP contribution < -0.4 is 0 Å². The number of carbonyl (C=O) groups excluding carboxylic acids is 1. The number of carboxylic acids is 1. The average Bonchev–Trinajstić information content (AvgIpc) is 2.34. The van der Waals surface area contributed by atoms with Crippen molar-refractivity contribution >= 4 is 11.8 Å². The van der Waals surface area contributed by atoms with Gasteiger partial charge in [-0.2, -0.15) is 0 Å². The maximum absolute atomic E-state index is 11.2. The summed E-state index contributed by atoms with van der Waals surface area (Å²) in [6.45, 7) is 1.98. The maximum Gasteiger partial charge on any atom is 0.307 e. The molecule has 0 heterocycles. The predicted molar refractivity (Wildman–Crippen MR) is 43.8 cm³/mol. The Morgan fingerprint density at radius 2 is 2.33 bits per heavy atom. The van der Waals surface area contributed by atoms with Gasteiger partial charge in [-0.1, -0.05) is 13.3 Å². The fourth-order valence-corrected chi connectivity index (χ4v) is 1.88. The van der Waals surface area contributed by atoms with Crippen LogP contribution in [0.2, 0.25) is 0 Å². The fourth-order valence-electron chi connectivity index (χ4n) is 1.88. The summed E-state index contributed by atoms with van der Waals surface area (Å²) in [7, 11) is 0. The molecule has 12 heavy (non-hydrogen) atoms. The summed E-state index contributed by atoms with van der Waals surface area (Å²) in [5.74, 6) is -1.27. The summed E-state index contributed by atoms with van der Waals surface area (Å²) < 4.78 is 0. The molecule has 0 aromatic heterocycles. The lowest BCUT2D eigenvalue weighted by Crippen LogP contribution is -2.21. The molecule has 0 saturated heterocycles. The van der Waals surface area contributed by atoms with Crippen molar-refractivity contribution in [1.29, 1.82) is 0 Å². The van der Waals surface area contributed by atoms with E-state index in [4.69, 9.17) is 5.11 Å². The maximum atomic E-state index is 11.2. The first-order chi connectivity index (χ1) is 5.66. The van der Waals surface area contributed by atoms with Crippen LogP contribution in [-0.2, 0) is 9.59 Å². The van der Waals surface area contributed by atoms with Gasteiger partial charge in [0, 0.05) is 12.3 Å². The highest BCUT2D eigenvalue weighted by Crippen LogP contribution is 2.32. The minimum atomic E-state index is -0.806. The molecule has 2 unspecified atom stereocenters. The smallest absolute Gasteiger partial charge is 0.307 e. The Morgan fingerprint density at radius 3 is 2.83 bits per heavy atom. The SMILES string of the molecule is CCCC1C(=O)CCC1C(=O)O. The molecule has 68 valence electrons. The molecule has 2 atom stereocenters. The first-order valence-electron chi connectivity index (χ1n) is 4.42. The van der Waals surface area contributed by atoms with Crippen LogP contribution in [0.1, 0.15) is 32.6 Å². The molecule has 1 fully saturated rings. The highest BCUT2D eigenvalue weighted by molar-refractivity contribution is 5.89. The van der Waals surface area contributed by atoms with Gasteiger partial charge in [0.15, 0.2) is 0 Å². The van der Waals surface area contributed by atoms with Gasteiger partial charge in [0.2, 0.25) is 0 Å². The number of carboxylic acid groups (broad SMARTS) is 1. The van der Waals surface area contributed by atoms with Gasteiger partial charge in [-0.15, -0.1) is 0 Å². The molecule has 3 heteroatoms. The van der Waals surface area contributed by atoms with Crippen LogP contribution in [0.5, 0.6) is 0 Å². The second kappa shape index (κ2) is 3.70. The van der Waals surface area contributed by atoms with Crippen LogP contribution in [0.3, 0.4) is 0 Å². The summed E-state index contributed by atoms with van der Waals surface area (Å²) in [5, 5.41) is 8.78. The van der Waals surface area contributed by atoms with Gasteiger partial charge in [0.05, 0.1) is 5.92 Å². The molecular formula is C9H14O3. The van der Waals surface area contributed by atoms with Crippen molar-refractivity contribution in [3.05, 3.63) is 0 Å².